The van der Waals surface area contributed by atoms with Gasteiger partial charge < -0.3 is 4.79 Å². The van der Waals surface area contributed by atoms with Crippen LogP contribution in [0.3, 0.4) is 0 Å². The summed E-state index contributed by atoms with van der Waals surface area (Å²) in [4.78, 5) is 13.6. The summed E-state index contributed by atoms with van der Waals surface area (Å²) in [7, 11) is 0. The highest BCUT2D eigenvalue weighted by Crippen LogP contribution is 2.22. The van der Waals surface area contributed by atoms with Gasteiger partial charge in [-0.25, -0.2) is 0 Å². The Morgan fingerprint density at radius 1 is 1.22 bits per heavy atom. The van der Waals surface area contributed by atoms with E-state index < -0.39 is 0 Å². The summed E-state index contributed by atoms with van der Waals surface area (Å²) in [6.07, 6.45) is 3.14. The molecule has 0 aliphatic rings. The van der Waals surface area contributed by atoms with E-state index in [1.165, 1.54) is 5.56 Å². The molecule has 1 aromatic rings. The third-order valence-corrected chi connectivity index (χ3v) is 3.39. The lowest BCUT2D eigenvalue weighted by atomic mass is 9.86. The molecule has 100 valence electrons. The molecule has 0 N–H and O–H groups in total. The molecular formula is C16H25NO. The standard InChI is InChI=1S/C16H25NO/c1-4-11-16(3,14-18)13-17(5-2)12-15-9-7-6-8-10-15/h6-10,14H,4-5,11-13H2,1-3H3. The Hall–Kier alpha value is -1.15. The van der Waals surface area contributed by atoms with Gasteiger partial charge >= 0.3 is 0 Å². The second-order valence-corrected chi connectivity index (χ2v) is 5.31. The van der Waals surface area contributed by atoms with E-state index in [0.29, 0.717) is 0 Å². The average Bonchev–Trinajstić information content (AvgIpc) is 2.39. The van der Waals surface area contributed by atoms with Crippen molar-refractivity contribution in [2.75, 3.05) is 13.1 Å². The predicted octanol–water partition coefficient (Wildman–Crippen LogP) is 3.51. The lowest BCUT2D eigenvalue weighted by molar-refractivity contribution is -0.116. The summed E-state index contributed by atoms with van der Waals surface area (Å²) >= 11 is 0. The second-order valence-electron chi connectivity index (χ2n) is 5.31. The maximum Gasteiger partial charge on any atom is 0.127 e. The maximum absolute atomic E-state index is 11.3. The van der Waals surface area contributed by atoms with E-state index in [9.17, 15) is 4.79 Å². The fraction of sp³-hybridized carbons (Fsp3) is 0.562. The third kappa shape index (κ3) is 4.61. The molecule has 0 amide bonds. The monoisotopic (exact) mass is 247 g/mol. The van der Waals surface area contributed by atoms with Crippen LogP contribution >= 0.6 is 0 Å². The Kier molecular flexibility index (Phi) is 6.06. The molecule has 2 heteroatoms. The van der Waals surface area contributed by atoms with E-state index in [1.807, 2.05) is 6.07 Å². The van der Waals surface area contributed by atoms with Crippen LogP contribution in [0.15, 0.2) is 30.3 Å². The third-order valence-electron chi connectivity index (χ3n) is 3.39. The van der Waals surface area contributed by atoms with Gasteiger partial charge in [0.15, 0.2) is 0 Å². The second kappa shape index (κ2) is 7.32. The van der Waals surface area contributed by atoms with Crippen molar-refractivity contribution in [1.82, 2.24) is 4.90 Å². The SMILES string of the molecule is CCCC(C)(C=O)CN(CC)Cc1ccccc1. The van der Waals surface area contributed by atoms with Crippen LogP contribution in [0, 0.1) is 5.41 Å². The normalized spacial score (nSPS) is 14.4. The number of nitrogens with zero attached hydrogens (tertiary/aromatic N) is 1. The highest BCUT2D eigenvalue weighted by atomic mass is 16.1. The molecule has 0 radical (unpaired) electrons. The molecule has 1 aromatic carbocycles. The summed E-state index contributed by atoms with van der Waals surface area (Å²) in [6, 6.07) is 10.4. The number of hydrogen-bond donors (Lipinski definition) is 0. The molecule has 1 unspecified atom stereocenters. The lowest BCUT2D eigenvalue weighted by Gasteiger charge is -2.30. The number of hydrogen-bond acceptors (Lipinski definition) is 2. The van der Waals surface area contributed by atoms with Crippen molar-refractivity contribution in [3.8, 4) is 0 Å². The molecule has 0 spiro atoms. The summed E-state index contributed by atoms with van der Waals surface area (Å²) in [5.41, 5.74) is 1.10. The minimum Gasteiger partial charge on any atom is -0.303 e. The fourth-order valence-corrected chi connectivity index (χ4v) is 2.38. The first kappa shape index (κ1) is 14.9. The van der Waals surface area contributed by atoms with E-state index in [2.05, 4.69) is 49.9 Å². The fourth-order valence-electron chi connectivity index (χ4n) is 2.38. The van der Waals surface area contributed by atoms with Gasteiger partial charge in [-0.2, -0.15) is 0 Å². The smallest absolute Gasteiger partial charge is 0.127 e. The van der Waals surface area contributed by atoms with Gasteiger partial charge in [-0.3, -0.25) is 4.90 Å². The first-order valence-corrected chi connectivity index (χ1v) is 6.86. The van der Waals surface area contributed by atoms with E-state index in [-0.39, 0.29) is 5.41 Å². The molecule has 1 atom stereocenters. The van der Waals surface area contributed by atoms with E-state index in [1.54, 1.807) is 0 Å². The van der Waals surface area contributed by atoms with E-state index in [4.69, 9.17) is 0 Å². The Bertz CT molecular complexity index is 349. The summed E-state index contributed by atoms with van der Waals surface area (Å²) in [6.45, 7) is 9.09. The van der Waals surface area contributed by atoms with Crippen LogP contribution < -0.4 is 0 Å². The highest BCUT2D eigenvalue weighted by molar-refractivity contribution is 5.59. The van der Waals surface area contributed by atoms with E-state index in [0.717, 1.165) is 38.8 Å². The first-order chi connectivity index (χ1) is 8.63. The van der Waals surface area contributed by atoms with Gasteiger partial charge in [0.25, 0.3) is 0 Å². The summed E-state index contributed by atoms with van der Waals surface area (Å²) < 4.78 is 0. The molecule has 0 heterocycles. The molecule has 0 saturated carbocycles. The van der Waals surface area contributed by atoms with Gasteiger partial charge in [-0.05, 0) is 18.5 Å². The van der Waals surface area contributed by atoms with Crippen molar-refractivity contribution in [3.63, 3.8) is 0 Å². The zero-order valence-corrected chi connectivity index (χ0v) is 11.9. The number of carbonyl (C=O) groups is 1. The Labute approximate surface area is 111 Å². The molecule has 18 heavy (non-hydrogen) atoms. The van der Waals surface area contributed by atoms with E-state index >= 15 is 0 Å². The van der Waals surface area contributed by atoms with Crippen molar-refractivity contribution < 1.29 is 4.79 Å². The molecule has 2 nitrogen and oxygen atoms in total. The number of carbonyl (C=O) groups excluding carboxylic acids is 1. The zero-order chi connectivity index (χ0) is 13.4. The van der Waals surface area contributed by atoms with Crippen LogP contribution in [-0.2, 0) is 11.3 Å². The molecule has 0 bridgehead atoms. The van der Waals surface area contributed by atoms with Crippen molar-refractivity contribution >= 4 is 6.29 Å². The van der Waals surface area contributed by atoms with Crippen LogP contribution in [0.2, 0.25) is 0 Å². The minimum absolute atomic E-state index is 0.209. The average molecular weight is 247 g/mol. The Balaban J connectivity index is 2.64. The number of benzene rings is 1. The van der Waals surface area contributed by atoms with Crippen LogP contribution in [0.25, 0.3) is 0 Å². The zero-order valence-electron chi connectivity index (χ0n) is 11.9. The lowest BCUT2D eigenvalue weighted by Crippen LogP contribution is -2.36. The van der Waals surface area contributed by atoms with Gasteiger partial charge in [0.05, 0.1) is 0 Å². The predicted molar refractivity (Wildman–Crippen MR) is 76.5 cm³/mol. The Morgan fingerprint density at radius 3 is 2.39 bits per heavy atom. The van der Waals surface area contributed by atoms with Gasteiger partial charge in [-0.15, -0.1) is 0 Å². The molecular weight excluding hydrogens is 222 g/mol. The van der Waals surface area contributed by atoms with Crippen molar-refractivity contribution in [3.05, 3.63) is 35.9 Å². The van der Waals surface area contributed by atoms with Gasteiger partial charge in [0.2, 0.25) is 0 Å². The molecule has 0 fully saturated rings. The van der Waals surface area contributed by atoms with Crippen molar-refractivity contribution in [1.29, 1.82) is 0 Å². The molecule has 0 aliphatic carbocycles. The molecule has 1 rings (SSSR count). The van der Waals surface area contributed by atoms with Crippen LogP contribution in [0.1, 0.15) is 39.2 Å². The Morgan fingerprint density at radius 2 is 1.89 bits per heavy atom. The van der Waals surface area contributed by atoms with Gasteiger partial charge in [0, 0.05) is 18.5 Å². The van der Waals surface area contributed by atoms with Crippen molar-refractivity contribution in [2.24, 2.45) is 5.41 Å². The first-order valence-electron chi connectivity index (χ1n) is 6.86. The van der Waals surface area contributed by atoms with Crippen LogP contribution in [-0.4, -0.2) is 24.3 Å². The largest absolute Gasteiger partial charge is 0.303 e. The maximum atomic E-state index is 11.3. The topological polar surface area (TPSA) is 20.3 Å². The van der Waals surface area contributed by atoms with Gasteiger partial charge in [0.1, 0.15) is 6.29 Å². The van der Waals surface area contributed by atoms with Crippen LogP contribution in [0.5, 0.6) is 0 Å². The molecule has 0 aromatic heterocycles. The quantitative estimate of drug-likeness (QED) is 0.655. The van der Waals surface area contributed by atoms with Crippen molar-refractivity contribution in [2.45, 2.75) is 40.2 Å². The summed E-state index contributed by atoms with van der Waals surface area (Å²) in [5.74, 6) is 0. The minimum atomic E-state index is -0.209. The number of aldehydes is 1. The number of rotatable bonds is 8. The summed E-state index contributed by atoms with van der Waals surface area (Å²) in [5, 5.41) is 0. The van der Waals surface area contributed by atoms with Crippen LogP contribution in [0.4, 0.5) is 0 Å². The molecule has 0 saturated heterocycles. The highest BCUT2D eigenvalue weighted by Gasteiger charge is 2.25. The molecule has 0 aliphatic heterocycles. The van der Waals surface area contributed by atoms with Gasteiger partial charge in [-0.1, -0.05) is 57.5 Å².